The fraction of sp³-hybridized carbons (Fsp3) is 0.500. The average Bonchev–Trinajstić information content (AvgIpc) is 3.06. The maximum atomic E-state index is 4.71. The van der Waals surface area contributed by atoms with Crippen LogP contribution in [0.4, 0.5) is 0 Å². The lowest BCUT2D eigenvalue weighted by molar-refractivity contribution is 0.565. The number of aromatic nitrogens is 4. The van der Waals surface area contributed by atoms with Crippen molar-refractivity contribution in [3.05, 3.63) is 41.0 Å². The van der Waals surface area contributed by atoms with Gasteiger partial charge in [-0.2, -0.15) is 0 Å². The molecular weight excluding hydrogens is 238 g/mol. The highest BCUT2D eigenvalue weighted by atomic mass is 15.4. The zero-order chi connectivity index (χ0) is 13.1. The number of fused-ring (bicyclic) bond motifs is 1. The van der Waals surface area contributed by atoms with E-state index in [2.05, 4.69) is 34.7 Å². The average molecular weight is 257 g/mol. The maximum Gasteiger partial charge on any atom is 0.0738 e. The van der Waals surface area contributed by atoms with Crippen LogP contribution in [0.2, 0.25) is 0 Å². The van der Waals surface area contributed by atoms with Gasteiger partial charge in [-0.25, -0.2) is 4.68 Å². The topological polar surface area (TPSA) is 55.6 Å². The summed E-state index contributed by atoms with van der Waals surface area (Å²) in [5, 5.41) is 11.3. The molecule has 0 aliphatic heterocycles. The van der Waals surface area contributed by atoms with Crippen LogP contribution in [0.1, 0.15) is 36.0 Å². The molecule has 2 aromatic rings. The Bertz CT molecular complexity index is 561. The minimum absolute atomic E-state index is 0.777. The molecule has 0 saturated carbocycles. The van der Waals surface area contributed by atoms with Gasteiger partial charge < -0.3 is 5.32 Å². The second-order valence-corrected chi connectivity index (χ2v) is 4.91. The molecule has 0 bridgehead atoms. The lowest BCUT2D eigenvalue weighted by Crippen LogP contribution is -2.17. The first-order valence-electron chi connectivity index (χ1n) is 6.92. The van der Waals surface area contributed by atoms with Crippen LogP contribution in [-0.4, -0.2) is 20.0 Å². The zero-order valence-corrected chi connectivity index (χ0v) is 11.3. The fourth-order valence-corrected chi connectivity index (χ4v) is 2.56. The summed E-state index contributed by atoms with van der Waals surface area (Å²) in [7, 11) is 0. The summed E-state index contributed by atoms with van der Waals surface area (Å²) < 4.78 is 1.91. The van der Waals surface area contributed by atoms with Gasteiger partial charge in [-0.1, -0.05) is 11.3 Å². The third-order valence-electron chi connectivity index (χ3n) is 3.60. The summed E-state index contributed by atoms with van der Waals surface area (Å²) in [4.78, 5) is 4.71. The van der Waals surface area contributed by atoms with Gasteiger partial charge in [-0.3, -0.25) is 4.98 Å². The Hall–Kier alpha value is -1.75. The van der Waals surface area contributed by atoms with Gasteiger partial charge in [0, 0.05) is 25.3 Å². The second-order valence-electron chi connectivity index (χ2n) is 4.91. The number of hydrogen-bond acceptors (Lipinski definition) is 4. The Labute approximate surface area is 113 Å². The number of aryl methyl sites for hydroxylation is 3. The van der Waals surface area contributed by atoms with Gasteiger partial charge in [-0.15, -0.1) is 5.10 Å². The molecule has 0 unspecified atom stereocenters. The Morgan fingerprint density at radius 3 is 3.11 bits per heavy atom. The normalized spacial score (nSPS) is 13.7. The van der Waals surface area contributed by atoms with Crippen LogP contribution in [0.5, 0.6) is 0 Å². The first kappa shape index (κ1) is 12.3. The van der Waals surface area contributed by atoms with Crippen LogP contribution in [0.15, 0.2) is 18.3 Å². The minimum Gasteiger partial charge on any atom is -0.305 e. The number of hydrogen-bond donors (Lipinski definition) is 1. The minimum atomic E-state index is 0.777. The number of rotatable bonds is 5. The van der Waals surface area contributed by atoms with Gasteiger partial charge >= 0.3 is 0 Å². The molecule has 0 atom stereocenters. The number of nitrogens with one attached hydrogen (secondary N) is 1. The van der Waals surface area contributed by atoms with Crippen LogP contribution < -0.4 is 5.32 Å². The highest BCUT2D eigenvalue weighted by Gasteiger charge is 2.12. The fourth-order valence-electron chi connectivity index (χ4n) is 2.56. The molecule has 2 heterocycles. The van der Waals surface area contributed by atoms with Crippen molar-refractivity contribution in [2.45, 2.75) is 45.8 Å². The van der Waals surface area contributed by atoms with Gasteiger partial charge in [0.25, 0.3) is 0 Å². The summed E-state index contributed by atoms with van der Waals surface area (Å²) in [5.41, 5.74) is 4.96. The van der Waals surface area contributed by atoms with Crippen LogP contribution in [0, 0.1) is 0 Å². The number of nitrogens with zero attached hydrogens (tertiary/aromatic N) is 4. The molecule has 0 saturated heterocycles. The van der Waals surface area contributed by atoms with E-state index in [9.17, 15) is 0 Å². The third kappa shape index (κ3) is 2.66. The predicted octanol–water partition coefficient (Wildman–Crippen LogP) is 1.47. The summed E-state index contributed by atoms with van der Waals surface area (Å²) in [6, 6.07) is 4.36. The molecule has 0 spiro atoms. The quantitative estimate of drug-likeness (QED) is 0.881. The SMILES string of the molecule is CCn1nncc1CNCc1ccc2c(n1)CCC2. The van der Waals surface area contributed by atoms with Crippen molar-refractivity contribution < 1.29 is 0 Å². The highest BCUT2D eigenvalue weighted by Crippen LogP contribution is 2.19. The van der Waals surface area contributed by atoms with Crippen LogP contribution in [-0.2, 0) is 32.5 Å². The van der Waals surface area contributed by atoms with E-state index >= 15 is 0 Å². The van der Waals surface area contributed by atoms with Gasteiger partial charge in [0.05, 0.1) is 17.6 Å². The Morgan fingerprint density at radius 2 is 2.21 bits per heavy atom. The van der Waals surface area contributed by atoms with Crippen molar-refractivity contribution in [2.75, 3.05) is 0 Å². The summed E-state index contributed by atoms with van der Waals surface area (Å²) >= 11 is 0. The van der Waals surface area contributed by atoms with Crippen molar-refractivity contribution >= 4 is 0 Å². The van der Waals surface area contributed by atoms with Crippen molar-refractivity contribution in [2.24, 2.45) is 0 Å². The van der Waals surface area contributed by atoms with E-state index in [1.165, 1.54) is 24.1 Å². The first-order valence-corrected chi connectivity index (χ1v) is 6.92. The van der Waals surface area contributed by atoms with Gasteiger partial charge in [0.2, 0.25) is 0 Å². The molecule has 5 heteroatoms. The molecule has 0 fully saturated rings. The van der Waals surface area contributed by atoms with Crippen molar-refractivity contribution in [1.82, 2.24) is 25.3 Å². The molecule has 1 aliphatic rings. The van der Waals surface area contributed by atoms with Gasteiger partial charge in [-0.05, 0) is 37.8 Å². The molecule has 5 nitrogen and oxygen atoms in total. The van der Waals surface area contributed by atoms with Crippen molar-refractivity contribution in [1.29, 1.82) is 0 Å². The molecular formula is C14H19N5. The second kappa shape index (κ2) is 5.48. The predicted molar refractivity (Wildman–Crippen MR) is 72.5 cm³/mol. The Morgan fingerprint density at radius 1 is 1.26 bits per heavy atom. The van der Waals surface area contributed by atoms with E-state index in [1.54, 1.807) is 0 Å². The van der Waals surface area contributed by atoms with Gasteiger partial charge in [0.1, 0.15) is 0 Å². The summed E-state index contributed by atoms with van der Waals surface area (Å²) in [6.07, 6.45) is 5.39. The molecule has 100 valence electrons. The van der Waals surface area contributed by atoms with Crippen LogP contribution in [0.25, 0.3) is 0 Å². The molecule has 3 rings (SSSR count). The standard InChI is InChI=1S/C14H19N5/c1-2-19-13(10-16-18-19)9-15-8-12-7-6-11-4-3-5-14(11)17-12/h6-7,10,15H,2-5,8-9H2,1H3. The van der Waals surface area contributed by atoms with Crippen LogP contribution >= 0.6 is 0 Å². The summed E-state index contributed by atoms with van der Waals surface area (Å²) in [6.45, 7) is 4.50. The third-order valence-corrected chi connectivity index (χ3v) is 3.60. The van der Waals surface area contributed by atoms with E-state index in [0.717, 1.165) is 37.4 Å². The Balaban J connectivity index is 1.58. The van der Waals surface area contributed by atoms with Crippen molar-refractivity contribution in [3.8, 4) is 0 Å². The molecule has 19 heavy (non-hydrogen) atoms. The summed E-state index contributed by atoms with van der Waals surface area (Å²) in [5.74, 6) is 0. The van der Waals surface area contributed by atoms with E-state index < -0.39 is 0 Å². The monoisotopic (exact) mass is 257 g/mol. The van der Waals surface area contributed by atoms with Crippen molar-refractivity contribution in [3.63, 3.8) is 0 Å². The highest BCUT2D eigenvalue weighted by molar-refractivity contribution is 5.27. The molecule has 1 N–H and O–H groups in total. The van der Waals surface area contributed by atoms with Crippen LogP contribution in [0.3, 0.4) is 0 Å². The molecule has 2 aromatic heterocycles. The van der Waals surface area contributed by atoms with E-state index in [-0.39, 0.29) is 0 Å². The first-order chi connectivity index (χ1) is 9.36. The molecule has 0 aromatic carbocycles. The zero-order valence-electron chi connectivity index (χ0n) is 11.3. The lowest BCUT2D eigenvalue weighted by Gasteiger charge is -2.07. The lowest BCUT2D eigenvalue weighted by atomic mass is 10.2. The van der Waals surface area contributed by atoms with E-state index in [0.29, 0.717) is 0 Å². The van der Waals surface area contributed by atoms with E-state index in [4.69, 9.17) is 4.98 Å². The van der Waals surface area contributed by atoms with E-state index in [1.807, 2.05) is 10.9 Å². The molecule has 0 radical (unpaired) electrons. The number of pyridine rings is 1. The molecule has 1 aliphatic carbocycles. The molecule has 0 amide bonds. The largest absolute Gasteiger partial charge is 0.305 e. The Kier molecular flexibility index (Phi) is 3.55. The maximum absolute atomic E-state index is 4.71. The van der Waals surface area contributed by atoms with Gasteiger partial charge in [0.15, 0.2) is 0 Å². The smallest absolute Gasteiger partial charge is 0.0738 e.